The third-order valence-electron chi connectivity index (χ3n) is 3.12. The minimum absolute atomic E-state index is 0.0975. The molecule has 8 heteroatoms. The number of nitrogens with one attached hydrogen (secondary N) is 1. The number of pyridine rings is 1. The molecule has 0 saturated heterocycles. The van der Waals surface area contributed by atoms with E-state index in [4.69, 9.17) is 0 Å². The Kier molecular flexibility index (Phi) is 2.70. The van der Waals surface area contributed by atoms with Crippen LogP contribution in [-0.4, -0.2) is 26.7 Å². The third-order valence-corrected chi connectivity index (χ3v) is 3.12. The Balaban J connectivity index is 2.06. The molecular weight excluding hydrogens is 273 g/mol. The van der Waals surface area contributed by atoms with E-state index in [-0.39, 0.29) is 22.6 Å². The van der Waals surface area contributed by atoms with Crippen molar-refractivity contribution in [3.63, 3.8) is 0 Å². The molecule has 0 unspecified atom stereocenters. The molecule has 1 aliphatic carbocycles. The molecule has 1 aliphatic rings. The molecule has 0 atom stereocenters. The van der Waals surface area contributed by atoms with Gasteiger partial charge in [-0.05, 0) is 18.9 Å². The molecule has 0 radical (unpaired) electrons. The quantitative estimate of drug-likeness (QED) is 0.916. The smallest absolute Gasteiger partial charge is 0.349 e. The van der Waals surface area contributed by atoms with Gasteiger partial charge < -0.3 is 5.32 Å². The average Bonchev–Trinajstić information content (AvgIpc) is 3.11. The molecule has 1 amide bonds. The molecule has 0 spiro atoms. The highest BCUT2D eigenvalue weighted by Crippen LogP contribution is 2.33. The molecule has 1 fully saturated rings. The summed E-state index contributed by atoms with van der Waals surface area (Å²) in [6.07, 6.45) is -1.50. The summed E-state index contributed by atoms with van der Waals surface area (Å²) in [5.74, 6) is -0.404. The average molecular weight is 284 g/mol. The number of amides is 1. The van der Waals surface area contributed by atoms with Crippen LogP contribution in [0.1, 0.15) is 28.9 Å². The number of hydrogen-bond donors (Lipinski definition) is 1. The van der Waals surface area contributed by atoms with Crippen LogP contribution in [0.5, 0.6) is 0 Å². The van der Waals surface area contributed by atoms with Crippen LogP contribution in [0.2, 0.25) is 0 Å². The molecule has 106 valence electrons. The maximum absolute atomic E-state index is 12.9. The van der Waals surface area contributed by atoms with Crippen LogP contribution in [-0.2, 0) is 13.2 Å². The van der Waals surface area contributed by atoms with E-state index in [9.17, 15) is 18.0 Å². The van der Waals surface area contributed by atoms with Gasteiger partial charge in [-0.15, -0.1) is 0 Å². The lowest BCUT2D eigenvalue weighted by Crippen LogP contribution is -2.25. The first-order valence-corrected chi connectivity index (χ1v) is 6.07. The van der Waals surface area contributed by atoms with E-state index in [0.717, 1.165) is 17.5 Å². The third kappa shape index (κ3) is 2.21. The molecule has 0 aliphatic heterocycles. The van der Waals surface area contributed by atoms with Crippen molar-refractivity contribution in [2.45, 2.75) is 25.1 Å². The maximum atomic E-state index is 12.9. The topological polar surface area (TPSA) is 59.8 Å². The second-order valence-electron chi connectivity index (χ2n) is 4.81. The second kappa shape index (κ2) is 4.19. The molecular formula is C12H11F3N4O. The van der Waals surface area contributed by atoms with Gasteiger partial charge in [0.1, 0.15) is 0 Å². The Morgan fingerprint density at radius 1 is 1.45 bits per heavy atom. The van der Waals surface area contributed by atoms with E-state index in [1.807, 2.05) is 0 Å². The van der Waals surface area contributed by atoms with Crippen molar-refractivity contribution in [2.75, 3.05) is 0 Å². The Hall–Kier alpha value is -2.12. The first kappa shape index (κ1) is 12.9. The maximum Gasteiger partial charge on any atom is 0.435 e. The van der Waals surface area contributed by atoms with Gasteiger partial charge in [-0.3, -0.25) is 4.79 Å². The first-order chi connectivity index (χ1) is 9.36. The van der Waals surface area contributed by atoms with Gasteiger partial charge in [-0.1, -0.05) is 0 Å². The molecule has 0 bridgehead atoms. The van der Waals surface area contributed by atoms with Crippen molar-refractivity contribution in [3.05, 3.63) is 23.5 Å². The fourth-order valence-electron chi connectivity index (χ4n) is 1.97. The van der Waals surface area contributed by atoms with Crippen LogP contribution in [0.3, 0.4) is 0 Å². The van der Waals surface area contributed by atoms with E-state index in [1.54, 1.807) is 0 Å². The summed E-state index contributed by atoms with van der Waals surface area (Å²) >= 11 is 0. The van der Waals surface area contributed by atoms with Gasteiger partial charge in [0.05, 0.1) is 10.9 Å². The highest BCUT2D eigenvalue weighted by Gasteiger charge is 2.37. The number of alkyl halides is 3. The van der Waals surface area contributed by atoms with E-state index in [2.05, 4.69) is 15.4 Å². The number of hydrogen-bond acceptors (Lipinski definition) is 3. The fourth-order valence-corrected chi connectivity index (χ4v) is 1.97. The molecule has 2 aromatic heterocycles. The molecule has 1 saturated carbocycles. The van der Waals surface area contributed by atoms with Gasteiger partial charge in [0.2, 0.25) is 0 Å². The molecule has 0 aromatic carbocycles. The van der Waals surface area contributed by atoms with Gasteiger partial charge >= 0.3 is 6.18 Å². The Bertz CT molecular complexity index is 688. The summed E-state index contributed by atoms with van der Waals surface area (Å²) in [6.45, 7) is 0. The highest BCUT2D eigenvalue weighted by molar-refractivity contribution is 5.97. The molecule has 20 heavy (non-hydrogen) atoms. The van der Waals surface area contributed by atoms with Crippen LogP contribution in [0.4, 0.5) is 13.2 Å². The van der Waals surface area contributed by atoms with E-state index >= 15 is 0 Å². The van der Waals surface area contributed by atoms with Crippen LogP contribution in [0.15, 0.2) is 12.3 Å². The van der Waals surface area contributed by atoms with E-state index < -0.39 is 17.8 Å². The van der Waals surface area contributed by atoms with Gasteiger partial charge in [0.25, 0.3) is 5.91 Å². The van der Waals surface area contributed by atoms with Crippen molar-refractivity contribution < 1.29 is 18.0 Å². The van der Waals surface area contributed by atoms with Crippen molar-refractivity contribution in [2.24, 2.45) is 7.05 Å². The van der Waals surface area contributed by atoms with E-state index in [0.29, 0.717) is 0 Å². The van der Waals surface area contributed by atoms with Crippen molar-refractivity contribution in [1.82, 2.24) is 20.1 Å². The zero-order valence-electron chi connectivity index (χ0n) is 10.5. The van der Waals surface area contributed by atoms with E-state index in [1.165, 1.54) is 19.3 Å². The summed E-state index contributed by atoms with van der Waals surface area (Å²) in [5.41, 5.74) is -0.813. The Morgan fingerprint density at radius 2 is 2.15 bits per heavy atom. The minimum Gasteiger partial charge on any atom is -0.349 e. The zero-order valence-corrected chi connectivity index (χ0v) is 10.5. The summed E-state index contributed by atoms with van der Waals surface area (Å²) in [5, 5.41) is 5.98. The number of carbonyl (C=O) groups is 1. The van der Waals surface area contributed by atoms with Crippen molar-refractivity contribution >= 4 is 16.9 Å². The second-order valence-corrected chi connectivity index (χ2v) is 4.81. The SMILES string of the molecule is Cn1nc(C(F)(F)F)c2cc(C(=O)NC3CC3)cnc21. The molecule has 3 rings (SSSR count). The largest absolute Gasteiger partial charge is 0.435 e. The number of carbonyl (C=O) groups excluding carboxylic acids is 1. The summed E-state index contributed by atoms with van der Waals surface area (Å²) in [7, 11) is 1.38. The summed E-state index contributed by atoms with van der Waals surface area (Å²) in [4.78, 5) is 15.8. The minimum atomic E-state index is -4.58. The first-order valence-electron chi connectivity index (χ1n) is 6.07. The van der Waals surface area contributed by atoms with Crippen LogP contribution < -0.4 is 5.32 Å². The highest BCUT2D eigenvalue weighted by atomic mass is 19.4. The van der Waals surface area contributed by atoms with Gasteiger partial charge in [-0.25, -0.2) is 9.67 Å². The Morgan fingerprint density at radius 3 is 2.75 bits per heavy atom. The summed E-state index contributed by atoms with van der Waals surface area (Å²) < 4.78 is 39.7. The number of nitrogens with zero attached hydrogens (tertiary/aromatic N) is 3. The van der Waals surface area contributed by atoms with Crippen molar-refractivity contribution in [3.8, 4) is 0 Å². The Labute approximate surface area is 111 Å². The summed E-state index contributed by atoms with van der Waals surface area (Å²) in [6, 6.07) is 1.32. The lowest BCUT2D eigenvalue weighted by molar-refractivity contribution is -0.140. The van der Waals surface area contributed by atoms with Crippen LogP contribution in [0.25, 0.3) is 11.0 Å². The van der Waals surface area contributed by atoms with Gasteiger partial charge in [-0.2, -0.15) is 18.3 Å². The normalized spacial score (nSPS) is 15.6. The lowest BCUT2D eigenvalue weighted by atomic mass is 10.2. The lowest BCUT2D eigenvalue weighted by Gasteiger charge is -2.04. The molecule has 5 nitrogen and oxygen atoms in total. The number of fused-ring (bicyclic) bond motifs is 1. The number of aryl methyl sites for hydroxylation is 1. The van der Waals surface area contributed by atoms with Crippen LogP contribution in [0, 0.1) is 0 Å². The zero-order chi connectivity index (χ0) is 14.5. The van der Waals surface area contributed by atoms with Gasteiger partial charge in [0.15, 0.2) is 11.3 Å². The standard InChI is InChI=1S/C12H11F3N4O/c1-19-10-8(9(18-19)12(13,14)15)4-6(5-16-10)11(20)17-7-2-3-7/h4-5,7H,2-3H2,1H3,(H,17,20). The molecule has 2 aromatic rings. The molecule has 1 N–H and O–H groups in total. The van der Waals surface area contributed by atoms with Gasteiger partial charge in [0, 0.05) is 19.3 Å². The number of rotatable bonds is 2. The molecule has 2 heterocycles. The van der Waals surface area contributed by atoms with Crippen LogP contribution >= 0.6 is 0 Å². The number of halogens is 3. The van der Waals surface area contributed by atoms with Crippen molar-refractivity contribution in [1.29, 1.82) is 0 Å². The predicted octanol–water partition coefficient (Wildman–Crippen LogP) is 1.88. The monoisotopic (exact) mass is 284 g/mol. The predicted molar refractivity (Wildman–Crippen MR) is 64.0 cm³/mol. The number of aromatic nitrogens is 3. The fraction of sp³-hybridized carbons (Fsp3) is 0.417.